The molecule has 1 aliphatic rings. The summed E-state index contributed by atoms with van der Waals surface area (Å²) in [6.07, 6.45) is 3.78. The van der Waals surface area contributed by atoms with E-state index in [1.165, 1.54) is 0 Å². The monoisotopic (exact) mass is 156 g/mol. The Balaban J connectivity index is 0.000000461. The highest BCUT2D eigenvalue weighted by atomic mass is 16.7. The molecule has 11 heavy (non-hydrogen) atoms. The van der Waals surface area contributed by atoms with Crippen molar-refractivity contribution in [1.82, 2.24) is 0 Å². The maximum Gasteiger partial charge on any atom is 0.231 e. The molecule has 64 valence electrons. The maximum absolute atomic E-state index is 5.08. The lowest BCUT2D eigenvalue weighted by atomic mass is 10.4. The summed E-state index contributed by atoms with van der Waals surface area (Å²) in [5.41, 5.74) is 0. The molecule has 1 rings (SSSR count). The Bertz CT molecular complexity index is 139. The lowest BCUT2D eigenvalue weighted by Gasteiger charge is -1.90. The van der Waals surface area contributed by atoms with Gasteiger partial charge in [0.2, 0.25) is 6.79 Å². The molecular weight excluding hydrogens is 140 g/mol. The minimum absolute atomic E-state index is 0.360. The van der Waals surface area contributed by atoms with Gasteiger partial charge in [0, 0.05) is 0 Å². The third kappa shape index (κ3) is 2.66. The Morgan fingerprint density at radius 3 is 1.64 bits per heavy atom. The van der Waals surface area contributed by atoms with Crippen LogP contribution in [0.2, 0.25) is 0 Å². The van der Waals surface area contributed by atoms with E-state index >= 15 is 0 Å². The number of hydrogen-bond donors (Lipinski definition) is 0. The van der Waals surface area contributed by atoms with E-state index in [-0.39, 0.29) is 0 Å². The van der Waals surface area contributed by atoms with Gasteiger partial charge in [-0.25, -0.2) is 0 Å². The zero-order valence-electron chi connectivity index (χ0n) is 7.68. The van der Waals surface area contributed by atoms with Gasteiger partial charge in [0.15, 0.2) is 11.5 Å². The summed E-state index contributed by atoms with van der Waals surface area (Å²) >= 11 is 0. The first-order valence-corrected chi connectivity index (χ1v) is 3.97. The lowest BCUT2D eigenvalue weighted by molar-refractivity contribution is 0.0975. The minimum atomic E-state index is 0.360. The van der Waals surface area contributed by atoms with Crippen LogP contribution in [0.4, 0.5) is 0 Å². The van der Waals surface area contributed by atoms with Crippen molar-refractivity contribution < 1.29 is 9.47 Å². The molecule has 0 bridgehead atoms. The van der Waals surface area contributed by atoms with Gasteiger partial charge in [0.05, 0.1) is 0 Å². The topological polar surface area (TPSA) is 18.5 Å². The normalized spacial score (nSPS) is 22.2. The molecule has 1 fully saturated rings. The summed E-state index contributed by atoms with van der Waals surface area (Å²) in [6.45, 7) is 8.21. The third-order valence-electron chi connectivity index (χ3n) is 1.20. The standard InChI is InChI=1S/C7H10O2.C2H6/c1-3-6-7(4-2)9-5-8-6;1-2/h3-4H,5H2,1-2H3;1-2H3/b6-3+,7-4+;. The van der Waals surface area contributed by atoms with Gasteiger partial charge in [-0.2, -0.15) is 0 Å². The van der Waals surface area contributed by atoms with Gasteiger partial charge in [0.1, 0.15) is 0 Å². The Labute approximate surface area is 68.5 Å². The van der Waals surface area contributed by atoms with E-state index in [4.69, 9.17) is 9.47 Å². The highest BCUT2D eigenvalue weighted by Gasteiger charge is 2.12. The van der Waals surface area contributed by atoms with Crippen LogP contribution in [-0.4, -0.2) is 6.79 Å². The van der Waals surface area contributed by atoms with E-state index in [2.05, 4.69) is 0 Å². The van der Waals surface area contributed by atoms with E-state index in [0.717, 1.165) is 11.5 Å². The first-order valence-electron chi connectivity index (χ1n) is 3.97. The summed E-state index contributed by atoms with van der Waals surface area (Å²) in [5, 5.41) is 0. The van der Waals surface area contributed by atoms with Crippen LogP contribution in [0, 0.1) is 0 Å². The summed E-state index contributed by atoms with van der Waals surface area (Å²) in [6, 6.07) is 0. The number of ether oxygens (including phenoxy) is 2. The van der Waals surface area contributed by atoms with Crippen LogP contribution in [0.3, 0.4) is 0 Å². The molecule has 0 aliphatic carbocycles. The first kappa shape index (κ1) is 10.1. The van der Waals surface area contributed by atoms with Crippen molar-refractivity contribution in [2.45, 2.75) is 27.7 Å². The second-order valence-electron chi connectivity index (χ2n) is 1.71. The largest absolute Gasteiger partial charge is 0.454 e. The van der Waals surface area contributed by atoms with E-state index < -0.39 is 0 Å². The number of allylic oxidation sites excluding steroid dienone is 2. The van der Waals surface area contributed by atoms with E-state index in [1.807, 2.05) is 39.8 Å². The summed E-state index contributed by atoms with van der Waals surface area (Å²) < 4.78 is 10.2. The molecule has 0 saturated carbocycles. The van der Waals surface area contributed by atoms with Crippen LogP contribution in [0.15, 0.2) is 23.7 Å². The third-order valence-corrected chi connectivity index (χ3v) is 1.20. The average Bonchev–Trinajstić information content (AvgIpc) is 2.54. The van der Waals surface area contributed by atoms with Gasteiger partial charge in [0.25, 0.3) is 0 Å². The molecule has 2 heteroatoms. The van der Waals surface area contributed by atoms with Crippen molar-refractivity contribution in [1.29, 1.82) is 0 Å². The molecule has 0 aromatic rings. The lowest BCUT2D eigenvalue weighted by Crippen LogP contribution is -1.78. The minimum Gasteiger partial charge on any atom is -0.454 e. The second-order valence-corrected chi connectivity index (χ2v) is 1.71. The molecule has 0 unspecified atom stereocenters. The zero-order valence-corrected chi connectivity index (χ0v) is 7.68. The first-order chi connectivity index (χ1) is 5.38. The van der Waals surface area contributed by atoms with Gasteiger partial charge < -0.3 is 9.47 Å². The van der Waals surface area contributed by atoms with E-state index in [9.17, 15) is 0 Å². The fourth-order valence-corrected chi connectivity index (χ4v) is 0.750. The fraction of sp³-hybridized carbons (Fsp3) is 0.556. The van der Waals surface area contributed by atoms with Gasteiger partial charge >= 0.3 is 0 Å². The van der Waals surface area contributed by atoms with Crippen LogP contribution in [0.1, 0.15) is 27.7 Å². The van der Waals surface area contributed by atoms with Crippen LogP contribution in [0.25, 0.3) is 0 Å². The highest BCUT2D eigenvalue weighted by molar-refractivity contribution is 5.20. The molecule has 0 spiro atoms. The van der Waals surface area contributed by atoms with Crippen LogP contribution >= 0.6 is 0 Å². The van der Waals surface area contributed by atoms with E-state index in [0.29, 0.717) is 6.79 Å². The van der Waals surface area contributed by atoms with Crippen LogP contribution < -0.4 is 0 Å². The maximum atomic E-state index is 5.08. The number of hydrogen-bond acceptors (Lipinski definition) is 2. The van der Waals surface area contributed by atoms with E-state index in [1.54, 1.807) is 0 Å². The Hall–Kier alpha value is -0.920. The zero-order chi connectivity index (χ0) is 8.69. The predicted octanol–water partition coefficient (Wildman–Crippen LogP) is 2.82. The highest BCUT2D eigenvalue weighted by Crippen LogP contribution is 2.19. The fourth-order valence-electron chi connectivity index (χ4n) is 0.750. The number of rotatable bonds is 0. The van der Waals surface area contributed by atoms with Gasteiger partial charge in [-0.05, 0) is 26.0 Å². The second kappa shape index (κ2) is 5.83. The SMILES string of the molecule is C/C=C1/OCO/C1=C/C.CC. The van der Waals surface area contributed by atoms with Crippen molar-refractivity contribution in [2.24, 2.45) is 0 Å². The quantitative estimate of drug-likeness (QED) is 0.537. The molecule has 1 heterocycles. The molecule has 0 aromatic heterocycles. The molecule has 0 N–H and O–H groups in total. The van der Waals surface area contributed by atoms with Gasteiger partial charge in [-0.15, -0.1) is 0 Å². The van der Waals surface area contributed by atoms with Gasteiger partial charge in [-0.1, -0.05) is 13.8 Å². The summed E-state index contributed by atoms with van der Waals surface area (Å²) in [5.74, 6) is 1.69. The van der Waals surface area contributed by atoms with Crippen molar-refractivity contribution in [3.05, 3.63) is 23.7 Å². The Morgan fingerprint density at radius 1 is 1.00 bits per heavy atom. The smallest absolute Gasteiger partial charge is 0.231 e. The molecule has 0 atom stereocenters. The molecule has 1 aliphatic heterocycles. The van der Waals surface area contributed by atoms with Crippen molar-refractivity contribution >= 4 is 0 Å². The average molecular weight is 156 g/mol. The summed E-state index contributed by atoms with van der Waals surface area (Å²) in [7, 11) is 0. The van der Waals surface area contributed by atoms with Crippen molar-refractivity contribution in [3.63, 3.8) is 0 Å². The Morgan fingerprint density at radius 2 is 1.36 bits per heavy atom. The molecule has 2 nitrogen and oxygen atoms in total. The summed E-state index contributed by atoms with van der Waals surface area (Å²) in [4.78, 5) is 0. The van der Waals surface area contributed by atoms with Crippen LogP contribution in [0.5, 0.6) is 0 Å². The molecule has 0 amide bonds. The van der Waals surface area contributed by atoms with Crippen molar-refractivity contribution in [2.75, 3.05) is 6.79 Å². The van der Waals surface area contributed by atoms with Crippen molar-refractivity contribution in [3.8, 4) is 0 Å². The molecule has 1 saturated heterocycles. The Kier molecular flexibility index (Phi) is 5.35. The molecular formula is C9H16O2. The van der Waals surface area contributed by atoms with Crippen LogP contribution in [-0.2, 0) is 9.47 Å². The molecule has 0 aromatic carbocycles. The van der Waals surface area contributed by atoms with Gasteiger partial charge in [-0.3, -0.25) is 0 Å². The molecule has 0 radical (unpaired) electrons. The predicted molar refractivity (Wildman–Crippen MR) is 45.9 cm³/mol.